The molecule has 0 bridgehead atoms. The van der Waals surface area contributed by atoms with E-state index in [0.29, 0.717) is 0 Å². The van der Waals surface area contributed by atoms with Gasteiger partial charge in [0.1, 0.15) is 0 Å². The van der Waals surface area contributed by atoms with Crippen molar-refractivity contribution in [3.63, 3.8) is 0 Å². The third kappa shape index (κ3) is 4.19. The maximum Gasteiger partial charge on any atom is 0.175 e. The molecule has 0 aliphatic rings. The number of hydrogen-bond acceptors (Lipinski definition) is 4. The first-order valence-corrected chi connectivity index (χ1v) is 4.31. The predicted molar refractivity (Wildman–Crippen MR) is 45.6 cm³/mol. The van der Waals surface area contributed by atoms with E-state index < -0.39 is 12.1 Å². The molecule has 11 heavy (non-hydrogen) atoms. The first kappa shape index (κ1) is 10.7. The Balaban J connectivity index is 3.86. The molecule has 0 amide bonds. The number of rotatable bonds is 4. The fourth-order valence-corrected chi connectivity index (χ4v) is 1.05. The maximum atomic E-state index is 10.9. The van der Waals surface area contributed by atoms with Crippen molar-refractivity contribution in [3.8, 4) is 0 Å². The lowest BCUT2D eigenvalue weighted by Gasteiger charge is -2.04. The molecule has 0 saturated heterocycles. The summed E-state index contributed by atoms with van der Waals surface area (Å²) in [7, 11) is -0.387. The SMILES string of the molecule is C[C@H](N)C(=O)PC(=O)[C@H](C)N. The minimum atomic E-state index is -0.559. The van der Waals surface area contributed by atoms with Crippen LogP contribution >= 0.6 is 8.58 Å². The Morgan fingerprint density at radius 1 is 1.09 bits per heavy atom. The number of hydrogen-bond donors (Lipinski definition) is 2. The van der Waals surface area contributed by atoms with Gasteiger partial charge in [0.2, 0.25) is 0 Å². The molecule has 4 nitrogen and oxygen atoms in total. The highest BCUT2D eigenvalue weighted by Gasteiger charge is 2.15. The largest absolute Gasteiger partial charge is 0.321 e. The van der Waals surface area contributed by atoms with E-state index in [1.165, 1.54) is 0 Å². The Labute approximate surface area is 67.5 Å². The van der Waals surface area contributed by atoms with E-state index in [1.54, 1.807) is 13.8 Å². The summed E-state index contributed by atoms with van der Waals surface area (Å²) in [5.41, 5.74) is 10.0. The zero-order valence-electron chi connectivity index (χ0n) is 6.63. The van der Waals surface area contributed by atoms with Gasteiger partial charge >= 0.3 is 0 Å². The van der Waals surface area contributed by atoms with Gasteiger partial charge < -0.3 is 11.5 Å². The highest BCUT2D eigenvalue weighted by molar-refractivity contribution is 7.74. The van der Waals surface area contributed by atoms with E-state index in [4.69, 9.17) is 11.5 Å². The van der Waals surface area contributed by atoms with Crippen LogP contribution in [0.1, 0.15) is 13.8 Å². The van der Waals surface area contributed by atoms with Crippen LogP contribution in [-0.2, 0) is 9.59 Å². The Kier molecular flexibility index (Phi) is 4.42. The molecule has 4 N–H and O–H groups in total. The third-order valence-corrected chi connectivity index (χ3v) is 2.48. The van der Waals surface area contributed by atoms with Crippen molar-refractivity contribution in [1.29, 1.82) is 0 Å². The lowest BCUT2D eigenvalue weighted by atomic mass is 10.4. The van der Waals surface area contributed by atoms with E-state index in [2.05, 4.69) is 0 Å². The second kappa shape index (κ2) is 4.54. The molecule has 0 spiro atoms. The predicted octanol–water partition coefficient (Wildman–Crippen LogP) is -0.587. The smallest absolute Gasteiger partial charge is 0.175 e. The minimum Gasteiger partial charge on any atom is -0.321 e. The van der Waals surface area contributed by atoms with Crippen LogP contribution in [0.25, 0.3) is 0 Å². The van der Waals surface area contributed by atoms with E-state index in [1.807, 2.05) is 0 Å². The summed E-state index contributed by atoms with van der Waals surface area (Å²) < 4.78 is 0. The quantitative estimate of drug-likeness (QED) is 0.560. The van der Waals surface area contributed by atoms with Crippen LogP contribution in [0, 0.1) is 0 Å². The van der Waals surface area contributed by atoms with Crippen LogP contribution in [-0.4, -0.2) is 23.1 Å². The summed E-state index contributed by atoms with van der Waals surface area (Å²) in [5, 5.41) is 0. The van der Waals surface area contributed by atoms with Gasteiger partial charge in [-0.2, -0.15) is 0 Å². The third-order valence-electron chi connectivity index (χ3n) is 1.07. The molecule has 0 fully saturated rings. The molecule has 0 aromatic rings. The standard InChI is InChI=1S/C6H13N2O2P/c1-3(7)5(9)11-6(10)4(2)8/h3-4,11H,7-8H2,1-2H3/t3-,4-/m0/s1. The molecule has 0 aliphatic carbocycles. The van der Waals surface area contributed by atoms with E-state index in [0.717, 1.165) is 0 Å². The van der Waals surface area contributed by atoms with Crippen LogP contribution in [0.3, 0.4) is 0 Å². The van der Waals surface area contributed by atoms with Crippen molar-refractivity contribution in [3.05, 3.63) is 0 Å². The average Bonchev–Trinajstić information content (AvgIpc) is 1.87. The molecule has 0 radical (unpaired) electrons. The van der Waals surface area contributed by atoms with E-state index >= 15 is 0 Å². The second-order valence-corrected chi connectivity index (χ2v) is 3.67. The zero-order chi connectivity index (χ0) is 9.02. The van der Waals surface area contributed by atoms with Gasteiger partial charge in [0.25, 0.3) is 0 Å². The van der Waals surface area contributed by atoms with Crippen molar-refractivity contribution in [2.45, 2.75) is 25.9 Å². The summed E-state index contributed by atoms with van der Waals surface area (Å²) in [6, 6.07) is -1.12. The molecule has 2 atom stereocenters. The molecule has 0 heterocycles. The lowest BCUT2D eigenvalue weighted by molar-refractivity contribution is -0.114. The van der Waals surface area contributed by atoms with Gasteiger partial charge in [-0.1, -0.05) is 0 Å². The fourth-order valence-electron chi connectivity index (χ4n) is 0.349. The van der Waals surface area contributed by atoms with Gasteiger partial charge in [-0.05, 0) is 13.8 Å². The Bertz CT molecular complexity index is 150. The number of carbonyl (C=O) groups is 2. The summed E-state index contributed by atoms with van der Waals surface area (Å²) in [6.45, 7) is 3.12. The highest BCUT2D eigenvalue weighted by atomic mass is 31.1. The van der Waals surface area contributed by atoms with Gasteiger partial charge in [-0.15, -0.1) is 0 Å². The Morgan fingerprint density at radius 3 is 1.55 bits per heavy atom. The average molecular weight is 176 g/mol. The molecule has 0 unspecified atom stereocenters. The molecule has 0 aliphatic heterocycles. The van der Waals surface area contributed by atoms with Crippen molar-refractivity contribution in [2.75, 3.05) is 0 Å². The number of nitrogens with two attached hydrogens (primary N) is 2. The van der Waals surface area contributed by atoms with Gasteiger partial charge in [0.05, 0.1) is 12.1 Å². The van der Waals surface area contributed by atoms with Crippen molar-refractivity contribution < 1.29 is 9.59 Å². The van der Waals surface area contributed by atoms with Crippen LogP contribution in [0.2, 0.25) is 0 Å². The van der Waals surface area contributed by atoms with Gasteiger partial charge in [-0.3, -0.25) is 9.59 Å². The van der Waals surface area contributed by atoms with Gasteiger partial charge in [0, 0.05) is 8.58 Å². The maximum absolute atomic E-state index is 10.9. The number of carbonyl (C=O) groups excluding carboxylic acids is 2. The van der Waals surface area contributed by atoms with Crippen LogP contribution in [0.5, 0.6) is 0 Å². The first-order chi connectivity index (χ1) is 4.95. The molecule has 64 valence electrons. The first-order valence-electron chi connectivity index (χ1n) is 3.31. The molecular formula is C6H13N2O2P. The normalized spacial score (nSPS) is 15.6. The highest BCUT2D eigenvalue weighted by Crippen LogP contribution is 2.15. The summed E-state index contributed by atoms with van der Waals surface area (Å²) in [5.74, 6) is 0. The zero-order valence-corrected chi connectivity index (χ0v) is 7.63. The second-order valence-electron chi connectivity index (χ2n) is 2.43. The molecule has 0 aromatic heterocycles. The van der Waals surface area contributed by atoms with Crippen LogP contribution in [0.4, 0.5) is 0 Å². The van der Waals surface area contributed by atoms with Crippen molar-refractivity contribution in [1.82, 2.24) is 0 Å². The summed E-state index contributed by atoms with van der Waals surface area (Å²) in [4.78, 5) is 21.7. The molecule has 5 heteroatoms. The molecule has 0 rings (SSSR count). The Hall–Kier alpha value is -0.310. The van der Waals surface area contributed by atoms with Crippen molar-refractivity contribution >= 4 is 19.6 Å². The van der Waals surface area contributed by atoms with Gasteiger partial charge in [0.15, 0.2) is 11.0 Å². The fraction of sp³-hybridized carbons (Fsp3) is 0.667. The molecular weight excluding hydrogens is 163 g/mol. The van der Waals surface area contributed by atoms with Gasteiger partial charge in [-0.25, -0.2) is 0 Å². The van der Waals surface area contributed by atoms with Crippen LogP contribution < -0.4 is 11.5 Å². The Morgan fingerprint density at radius 2 is 1.36 bits per heavy atom. The molecule has 0 saturated carbocycles. The topological polar surface area (TPSA) is 86.2 Å². The summed E-state index contributed by atoms with van der Waals surface area (Å²) >= 11 is 0. The van der Waals surface area contributed by atoms with Crippen LogP contribution in [0.15, 0.2) is 0 Å². The monoisotopic (exact) mass is 176 g/mol. The lowest BCUT2D eigenvalue weighted by Crippen LogP contribution is -2.28. The van der Waals surface area contributed by atoms with E-state index in [9.17, 15) is 9.59 Å². The van der Waals surface area contributed by atoms with E-state index in [-0.39, 0.29) is 19.6 Å². The van der Waals surface area contributed by atoms with Crippen molar-refractivity contribution in [2.24, 2.45) is 11.5 Å². The molecule has 0 aromatic carbocycles. The summed E-state index contributed by atoms with van der Waals surface area (Å²) in [6.07, 6.45) is 0. The minimum absolute atomic E-state index is 0.229.